The first kappa shape index (κ1) is 10.6. The molecular formula is C16H12N2O. The average Bonchev–Trinajstić information content (AvgIpc) is 2.58. The summed E-state index contributed by atoms with van der Waals surface area (Å²) in [6, 6.07) is 8.00. The van der Waals surface area contributed by atoms with Crippen molar-refractivity contribution < 1.29 is 4.79 Å². The van der Waals surface area contributed by atoms with Crippen molar-refractivity contribution in [2.45, 2.75) is 12.1 Å². The smallest absolute Gasteiger partial charge is 0.187 e. The Morgan fingerprint density at radius 3 is 3.05 bits per heavy atom. The maximum atomic E-state index is 12.2. The predicted octanol–water partition coefficient (Wildman–Crippen LogP) is 0.953. The molecule has 2 aliphatic heterocycles. The van der Waals surface area contributed by atoms with E-state index in [2.05, 4.69) is 4.99 Å². The van der Waals surface area contributed by atoms with Gasteiger partial charge in [0, 0.05) is 17.0 Å². The summed E-state index contributed by atoms with van der Waals surface area (Å²) in [5.41, 5.74) is 0.312. The van der Waals surface area contributed by atoms with E-state index in [1.165, 1.54) is 0 Å². The highest BCUT2D eigenvalue weighted by Crippen LogP contribution is 2.41. The molecule has 1 aromatic carbocycles. The summed E-state index contributed by atoms with van der Waals surface area (Å²) < 4.78 is 0. The first-order valence-electron chi connectivity index (χ1n) is 6.43. The minimum absolute atomic E-state index is 0.115. The van der Waals surface area contributed by atoms with Crippen LogP contribution in [-0.2, 0) is 4.79 Å². The molecule has 4 rings (SSSR count). The Morgan fingerprint density at radius 1 is 1.21 bits per heavy atom. The van der Waals surface area contributed by atoms with E-state index in [9.17, 15) is 4.79 Å². The third-order valence-corrected chi connectivity index (χ3v) is 3.99. The highest BCUT2D eigenvalue weighted by molar-refractivity contribution is 6.01. The number of hydrogen-bond acceptors (Lipinski definition) is 3. The summed E-state index contributed by atoms with van der Waals surface area (Å²) in [5, 5.41) is 2.02. The quantitative estimate of drug-likeness (QED) is 0.674. The predicted molar refractivity (Wildman–Crippen MR) is 73.2 cm³/mol. The molecular weight excluding hydrogens is 236 g/mol. The van der Waals surface area contributed by atoms with Crippen LogP contribution in [-0.4, -0.2) is 17.7 Å². The number of para-hydroxylation sites is 1. The molecule has 92 valence electrons. The van der Waals surface area contributed by atoms with Crippen LogP contribution in [0.2, 0.25) is 0 Å². The van der Waals surface area contributed by atoms with Gasteiger partial charge in [0.25, 0.3) is 0 Å². The van der Waals surface area contributed by atoms with Gasteiger partial charge in [0.2, 0.25) is 0 Å². The van der Waals surface area contributed by atoms with E-state index >= 15 is 0 Å². The van der Waals surface area contributed by atoms with Crippen LogP contribution in [0.5, 0.6) is 0 Å². The SMILES string of the molecule is O=C1C=CC2=c3ccccc3=NC23N=CC=CCC13. The molecule has 1 aliphatic carbocycles. The Labute approximate surface area is 110 Å². The Kier molecular flexibility index (Phi) is 2.01. The van der Waals surface area contributed by atoms with Crippen LogP contribution in [0.4, 0.5) is 0 Å². The second-order valence-electron chi connectivity index (χ2n) is 5.00. The summed E-state index contributed by atoms with van der Waals surface area (Å²) >= 11 is 0. The number of carbonyl (C=O) groups excluding carboxylic acids is 1. The van der Waals surface area contributed by atoms with E-state index < -0.39 is 5.66 Å². The maximum absolute atomic E-state index is 12.2. The van der Waals surface area contributed by atoms with Gasteiger partial charge in [-0.15, -0.1) is 0 Å². The molecule has 0 radical (unpaired) electrons. The molecule has 1 aromatic rings. The summed E-state index contributed by atoms with van der Waals surface area (Å²) in [6.07, 6.45) is 9.90. The second-order valence-corrected chi connectivity index (χ2v) is 5.00. The van der Waals surface area contributed by atoms with Crippen LogP contribution in [0.1, 0.15) is 6.42 Å². The van der Waals surface area contributed by atoms with E-state index in [1.54, 1.807) is 12.3 Å². The van der Waals surface area contributed by atoms with Crippen molar-refractivity contribution in [3.63, 3.8) is 0 Å². The van der Waals surface area contributed by atoms with Gasteiger partial charge in [0.15, 0.2) is 11.4 Å². The van der Waals surface area contributed by atoms with Gasteiger partial charge in [-0.1, -0.05) is 30.4 Å². The average molecular weight is 248 g/mol. The van der Waals surface area contributed by atoms with Gasteiger partial charge in [0.05, 0.1) is 11.3 Å². The van der Waals surface area contributed by atoms with Crippen LogP contribution in [0, 0.1) is 5.92 Å². The second kappa shape index (κ2) is 3.60. The lowest BCUT2D eigenvalue weighted by Gasteiger charge is -2.33. The van der Waals surface area contributed by atoms with Crippen LogP contribution in [0.3, 0.4) is 0 Å². The minimum atomic E-state index is -0.737. The number of allylic oxidation sites excluding steroid dienone is 3. The zero-order valence-electron chi connectivity index (χ0n) is 10.3. The van der Waals surface area contributed by atoms with Crippen LogP contribution in [0.15, 0.2) is 58.6 Å². The molecule has 0 amide bonds. The fourth-order valence-electron chi connectivity index (χ4n) is 3.10. The molecule has 0 aromatic heterocycles. The molecule has 0 saturated heterocycles. The van der Waals surface area contributed by atoms with E-state index in [0.29, 0.717) is 6.42 Å². The molecule has 0 saturated carbocycles. The van der Waals surface area contributed by atoms with E-state index in [4.69, 9.17) is 4.99 Å². The number of rotatable bonds is 0. The molecule has 3 heteroatoms. The molecule has 2 atom stereocenters. The summed E-state index contributed by atoms with van der Waals surface area (Å²) in [5.74, 6) is -0.0982. The topological polar surface area (TPSA) is 41.8 Å². The number of nitrogens with zero attached hydrogens (tertiary/aromatic N) is 2. The van der Waals surface area contributed by atoms with Crippen molar-refractivity contribution in [1.82, 2.24) is 0 Å². The number of fused-ring (bicyclic) bond motifs is 1. The zero-order chi connectivity index (χ0) is 12.9. The number of ketones is 1. The van der Waals surface area contributed by atoms with Gasteiger partial charge in [-0.25, -0.2) is 4.99 Å². The maximum Gasteiger partial charge on any atom is 0.187 e. The standard InChI is InChI=1S/C16H12N2O/c19-15-9-8-12-11-5-1-2-7-14(11)18-16(12)13(15)6-3-4-10-17-16/h1-5,7-10,13H,6H2. The minimum Gasteiger partial charge on any atom is -0.294 e. The molecule has 0 bridgehead atoms. The lowest BCUT2D eigenvalue weighted by molar-refractivity contribution is -0.119. The highest BCUT2D eigenvalue weighted by Gasteiger charge is 2.48. The van der Waals surface area contributed by atoms with Crippen molar-refractivity contribution in [1.29, 1.82) is 0 Å². The van der Waals surface area contributed by atoms with Gasteiger partial charge in [-0.05, 0) is 24.6 Å². The lowest BCUT2D eigenvalue weighted by Crippen LogP contribution is -2.41. The van der Waals surface area contributed by atoms with Crippen LogP contribution >= 0.6 is 0 Å². The Bertz CT molecular complexity index is 785. The zero-order valence-corrected chi connectivity index (χ0v) is 10.3. The van der Waals surface area contributed by atoms with Crippen molar-refractivity contribution >= 4 is 17.6 Å². The van der Waals surface area contributed by atoms with Crippen LogP contribution in [0.25, 0.3) is 5.57 Å². The lowest BCUT2D eigenvalue weighted by atomic mass is 9.77. The molecule has 3 aliphatic rings. The molecule has 2 heterocycles. The van der Waals surface area contributed by atoms with E-state index in [-0.39, 0.29) is 11.7 Å². The number of benzene rings is 1. The number of carbonyl (C=O) groups is 1. The Balaban J connectivity index is 2.11. The molecule has 2 unspecified atom stereocenters. The normalized spacial score (nSPS) is 30.4. The fraction of sp³-hybridized carbons (Fsp3) is 0.188. The molecule has 3 nitrogen and oxygen atoms in total. The molecule has 0 N–H and O–H groups in total. The number of aliphatic imine (C=N–C) groups is 1. The third-order valence-electron chi connectivity index (χ3n) is 3.99. The van der Waals surface area contributed by atoms with Crippen molar-refractivity contribution in [3.8, 4) is 0 Å². The third kappa shape index (κ3) is 1.30. The van der Waals surface area contributed by atoms with Gasteiger partial charge in [-0.3, -0.25) is 9.79 Å². The van der Waals surface area contributed by atoms with Crippen molar-refractivity contribution in [3.05, 3.63) is 59.1 Å². The molecule has 0 fully saturated rings. The summed E-state index contributed by atoms with van der Waals surface area (Å²) in [6.45, 7) is 0. The first-order valence-corrected chi connectivity index (χ1v) is 6.43. The highest BCUT2D eigenvalue weighted by atomic mass is 16.1. The Hall–Kier alpha value is -2.29. The van der Waals surface area contributed by atoms with Gasteiger partial charge in [0.1, 0.15) is 0 Å². The first-order chi connectivity index (χ1) is 9.31. The van der Waals surface area contributed by atoms with Gasteiger partial charge in [-0.2, -0.15) is 0 Å². The van der Waals surface area contributed by atoms with Gasteiger partial charge < -0.3 is 0 Å². The van der Waals surface area contributed by atoms with E-state index in [0.717, 1.165) is 16.1 Å². The molecule has 1 spiro atoms. The number of hydrogen-bond donors (Lipinski definition) is 0. The largest absolute Gasteiger partial charge is 0.294 e. The van der Waals surface area contributed by atoms with Gasteiger partial charge >= 0.3 is 0 Å². The van der Waals surface area contributed by atoms with Crippen molar-refractivity contribution in [2.24, 2.45) is 15.9 Å². The summed E-state index contributed by atoms with van der Waals surface area (Å²) in [4.78, 5) is 21.6. The van der Waals surface area contributed by atoms with Crippen LogP contribution < -0.4 is 10.6 Å². The molecule has 19 heavy (non-hydrogen) atoms. The Morgan fingerprint density at radius 2 is 2.11 bits per heavy atom. The summed E-state index contributed by atoms with van der Waals surface area (Å²) in [7, 11) is 0. The van der Waals surface area contributed by atoms with Crippen molar-refractivity contribution in [2.75, 3.05) is 0 Å². The monoisotopic (exact) mass is 248 g/mol. The fourth-order valence-corrected chi connectivity index (χ4v) is 3.10. The van der Waals surface area contributed by atoms with E-state index in [1.807, 2.05) is 42.5 Å².